The fraction of sp³-hybridized carbons (Fsp3) is 0.480. The highest BCUT2D eigenvalue weighted by Gasteiger charge is 2.35. The molecule has 1 aromatic heterocycles. The van der Waals surface area contributed by atoms with Gasteiger partial charge in [0.25, 0.3) is 5.91 Å². The zero-order valence-corrected chi connectivity index (χ0v) is 21.2. The maximum atomic E-state index is 13.6. The summed E-state index contributed by atoms with van der Waals surface area (Å²) in [6.45, 7) is 8.06. The van der Waals surface area contributed by atoms with E-state index in [0.29, 0.717) is 31.2 Å². The Morgan fingerprint density at radius 2 is 1.94 bits per heavy atom. The second-order valence-corrected chi connectivity index (χ2v) is 10.3. The zero-order valence-electron chi connectivity index (χ0n) is 19.7. The summed E-state index contributed by atoms with van der Waals surface area (Å²) in [5.74, 6) is -0.387. The van der Waals surface area contributed by atoms with Crippen molar-refractivity contribution in [3.63, 3.8) is 0 Å². The first-order chi connectivity index (χ1) is 16.4. The minimum atomic E-state index is -0.225. The molecule has 2 amide bonds. The second-order valence-electron chi connectivity index (χ2n) is 8.90. The Bertz CT molecular complexity index is 1000. The first-order valence-corrected chi connectivity index (χ1v) is 13.0. The van der Waals surface area contributed by atoms with Gasteiger partial charge in [-0.3, -0.25) is 14.5 Å². The van der Waals surface area contributed by atoms with Gasteiger partial charge >= 0.3 is 0 Å². The highest BCUT2D eigenvalue weighted by atomic mass is 35.5. The molecular formula is C25H31ClN4O3S. The van der Waals surface area contributed by atoms with E-state index in [1.807, 2.05) is 55.6 Å². The van der Waals surface area contributed by atoms with Crippen LogP contribution in [0.2, 0.25) is 5.02 Å². The monoisotopic (exact) mass is 502 g/mol. The Balaban J connectivity index is 1.52. The number of amides is 2. The number of ether oxygens (including phenoxy) is 1. The lowest BCUT2D eigenvalue weighted by Crippen LogP contribution is -2.47. The van der Waals surface area contributed by atoms with E-state index in [4.69, 9.17) is 21.4 Å². The van der Waals surface area contributed by atoms with Gasteiger partial charge in [0.1, 0.15) is 6.54 Å². The lowest BCUT2D eigenvalue weighted by Gasteiger charge is -2.31. The number of halogens is 1. The number of nitrogens with zero attached hydrogens (tertiary/aromatic N) is 4. The first kappa shape index (κ1) is 24.9. The molecule has 7 nitrogen and oxygen atoms in total. The maximum Gasteiger partial charge on any atom is 0.262 e. The Kier molecular flexibility index (Phi) is 8.37. The summed E-state index contributed by atoms with van der Waals surface area (Å²) in [6.07, 6.45) is 0.625. The van der Waals surface area contributed by atoms with E-state index in [0.717, 1.165) is 35.8 Å². The molecule has 0 spiro atoms. The Morgan fingerprint density at radius 1 is 1.21 bits per heavy atom. The summed E-state index contributed by atoms with van der Waals surface area (Å²) in [7, 11) is 0. The van der Waals surface area contributed by atoms with Crippen LogP contribution < -0.4 is 0 Å². The highest BCUT2D eigenvalue weighted by molar-refractivity contribution is 7.12. The number of hydrogen-bond acceptors (Lipinski definition) is 6. The van der Waals surface area contributed by atoms with Crippen molar-refractivity contribution in [2.45, 2.75) is 26.3 Å². The molecule has 2 aliphatic heterocycles. The lowest BCUT2D eigenvalue weighted by atomic mass is 10.0. The van der Waals surface area contributed by atoms with Crippen LogP contribution in [-0.2, 0) is 14.3 Å². The van der Waals surface area contributed by atoms with Crippen molar-refractivity contribution in [2.24, 2.45) is 11.0 Å². The molecule has 2 aliphatic rings. The summed E-state index contributed by atoms with van der Waals surface area (Å²) in [6, 6.07) is 11.3. The molecule has 34 heavy (non-hydrogen) atoms. The van der Waals surface area contributed by atoms with Gasteiger partial charge < -0.3 is 9.64 Å². The predicted molar refractivity (Wildman–Crippen MR) is 135 cm³/mol. The summed E-state index contributed by atoms with van der Waals surface area (Å²) < 4.78 is 5.42. The molecule has 0 saturated carbocycles. The van der Waals surface area contributed by atoms with Crippen LogP contribution in [-0.4, -0.2) is 78.3 Å². The summed E-state index contributed by atoms with van der Waals surface area (Å²) >= 11 is 7.71. The molecule has 1 saturated heterocycles. The van der Waals surface area contributed by atoms with Crippen molar-refractivity contribution in [2.75, 3.05) is 45.9 Å². The molecule has 0 radical (unpaired) electrons. The van der Waals surface area contributed by atoms with Gasteiger partial charge in [0.15, 0.2) is 0 Å². The van der Waals surface area contributed by atoms with Gasteiger partial charge in [0, 0.05) is 43.5 Å². The molecule has 0 unspecified atom stereocenters. The second kappa shape index (κ2) is 11.4. The van der Waals surface area contributed by atoms with Gasteiger partial charge in [-0.2, -0.15) is 5.10 Å². The van der Waals surface area contributed by atoms with Crippen molar-refractivity contribution in [3.8, 4) is 0 Å². The van der Waals surface area contributed by atoms with Crippen molar-refractivity contribution in [1.29, 1.82) is 0 Å². The fourth-order valence-electron chi connectivity index (χ4n) is 4.23. The molecular weight excluding hydrogens is 472 g/mol. The first-order valence-electron chi connectivity index (χ1n) is 11.7. The molecule has 1 fully saturated rings. The zero-order chi connectivity index (χ0) is 24.1. The lowest BCUT2D eigenvalue weighted by molar-refractivity contribution is -0.143. The number of rotatable bonds is 8. The predicted octanol–water partition coefficient (Wildman–Crippen LogP) is 3.90. The number of morpholine rings is 1. The van der Waals surface area contributed by atoms with E-state index >= 15 is 0 Å². The van der Waals surface area contributed by atoms with Crippen LogP contribution in [0.3, 0.4) is 0 Å². The quantitative estimate of drug-likeness (QED) is 0.549. The Morgan fingerprint density at radius 3 is 2.59 bits per heavy atom. The third kappa shape index (κ3) is 6.05. The van der Waals surface area contributed by atoms with E-state index in [1.54, 1.807) is 21.2 Å². The van der Waals surface area contributed by atoms with E-state index in [1.165, 1.54) is 0 Å². The minimum absolute atomic E-state index is 0.00661. The van der Waals surface area contributed by atoms with E-state index in [-0.39, 0.29) is 30.3 Å². The molecule has 182 valence electrons. The Hall–Kier alpha value is -2.26. The van der Waals surface area contributed by atoms with Gasteiger partial charge in [-0.1, -0.05) is 43.6 Å². The van der Waals surface area contributed by atoms with Crippen LogP contribution in [0.1, 0.15) is 36.8 Å². The van der Waals surface area contributed by atoms with E-state index in [2.05, 4.69) is 4.90 Å². The molecule has 0 N–H and O–H groups in total. The number of carbonyl (C=O) groups is 2. The molecule has 1 atom stereocenters. The maximum absolute atomic E-state index is 13.6. The molecule has 1 aromatic carbocycles. The summed E-state index contributed by atoms with van der Waals surface area (Å²) in [5.41, 5.74) is 1.86. The third-order valence-electron chi connectivity index (χ3n) is 6.15. The van der Waals surface area contributed by atoms with Crippen LogP contribution in [0, 0.1) is 5.92 Å². The Labute approximate surface area is 209 Å². The van der Waals surface area contributed by atoms with Crippen molar-refractivity contribution >= 4 is 40.5 Å². The van der Waals surface area contributed by atoms with Gasteiger partial charge in [-0.15, -0.1) is 11.3 Å². The topological polar surface area (TPSA) is 65.5 Å². The normalized spacial score (nSPS) is 18.9. The van der Waals surface area contributed by atoms with E-state index in [9.17, 15) is 9.59 Å². The SMILES string of the molecule is CC(C)C(=O)N(CCN1CCOCC1)CC(=O)N1N=C(c2cccs2)C[C@H]1c1ccc(Cl)cc1. The standard InChI is InChI=1S/C25H31ClN4O3S/c1-18(2)25(32)29(10-9-28-11-13-33-14-12-28)17-24(31)30-22(19-5-7-20(26)8-6-19)16-21(27-30)23-4-3-15-34-23/h3-8,15,18,22H,9-14,16-17H2,1-2H3/t22-/m0/s1. The van der Waals surface area contributed by atoms with Gasteiger partial charge in [-0.25, -0.2) is 5.01 Å². The minimum Gasteiger partial charge on any atom is -0.379 e. The number of carbonyl (C=O) groups excluding carboxylic acids is 2. The van der Waals surface area contributed by atoms with Gasteiger partial charge in [0.05, 0.1) is 29.8 Å². The van der Waals surface area contributed by atoms with Crippen LogP contribution in [0.15, 0.2) is 46.9 Å². The molecule has 2 aromatic rings. The summed E-state index contributed by atoms with van der Waals surface area (Å²) in [5, 5.41) is 8.95. The average Bonchev–Trinajstić information content (AvgIpc) is 3.52. The van der Waals surface area contributed by atoms with Crippen LogP contribution >= 0.6 is 22.9 Å². The molecule has 3 heterocycles. The van der Waals surface area contributed by atoms with E-state index < -0.39 is 0 Å². The van der Waals surface area contributed by atoms with Crippen LogP contribution in [0.4, 0.5) is 0 Å². The number of hydrazone groups is 1. The largest absolute Gasteiger partial charge is 0.379 e. The highest BCUT2D eigenvalue weighted by Crippen LogP contribution is 2.34. The number of benzene rings is 1. The molecule has 9 heteroatoms. The third-order valence-corrected chi connectivity index (χ3v) is 7.32. The van der Waals surface area contributed by atoms with Crippen molar-refractivity contribution in [1.82, 2.24) is 14.8 Å². The molecule has 0 aliphatic carbocycles. The van der Waals surface area contributed by atoms with Crippen molar-refractivity contribution in [3.05, 3.63) is 57.2 Å². The smallest absolute Gasteiger partial charge is 0.262 e. The van der Waals surface area contributed by atoms with Gasteiger partial charge in [0.2, 0.25) is 5.91 Å². The molecule has 0 bridgehead atoms. The molecule has 4 rings (SSSR count). The fourth-order valence-corrected chi connectivity index (χ4v) is 5.08. The van der Waals surface area contributed by atoms with Crippen molar-refractivity contribution < 1.29 is 14.3 Å². The summed E-state index contributed by atoms with van der Waals surface area (Å²) in [4.78, 5) is 31.5. The average molecular weight is 503 g/mol. The van der Waals surface area contributed by atoms with Gasteiger partial charge in [-0.05, 0) is 29.1 Å². The van der Waals surface area contributed by atoms with Crippen LogP contribution in [0.5, 0.6) is 0 Å². The number of thiophene rings is 1. The number of hydrogen-bond donors (Lipinski definition) is 0. The van der Waals surface area contributed by atoms with Crippen LogP contribution in [0.25, 0.3) is 0 Å².